The van der Waals surface area contributed by atoms with E-state index < -0.39 is 0 Å². The summed E-state index contributed by atoms with van der Waals surface area (Å²) in [6, 6.07) is 8.74. The average Bonchev–Trinajstić information content (AvgIpc) is 2.60. The lowest BCUT2D eigenvalue weighted by Crippen LogP contribution is -2.25. The van der Waals surface area contributed by atoms with Crippen molar-refractivity contribution < 1.29 is 4.74 Å². The third kappa shape index (κ3) is 4.33. The highest BCUT2D eigenvalue weighted by Crippen LogP contribution is 2.23. The van der Waals surface area contributed by atoms with E-state index in [-0.39, 0.29) is 5.56 Å². The molecule has 8 heteroatoms. The van der Waals surface area contributed by atoms with E-state index in [0.29, 0.717) is 45.1 Å². The van der Waals surface area contributed by atoms with Crippen LogP contribution in [-0.4, -0.2) is 28.3 Å². The lowest BCUT2D eigenvalue weighted by Gasteiger charge is -2.13. The minimum atomic E-state index is -0.101. The van der Waals surface area contributed by atoms with Gasteiger partial charge in [0.1, 0.15) is 5.15 Å². The Morgan fingerprint density at radius 1 is 1.24 bits per heavy atom. The molecule has 3 aromatic rings. The third-order valence-corrected chi connectivity index (χ3v) is 5.06. The average molecular weight is 396 g/mol. The van der Waals surface area contributed by atoms with Crippen LogP contribution in [0.15, 0.2) is 46.5 Å². The van der Waals surface area contributed by atoms with Crippen molar-refractivity contribution in [1.82, 2.24) is 14.5 Å². The SMILES string of the molecule is COCCn1c(SCc2ccc(Cl)nc2)nc2cc(Cl)ccc2c1=O. The molecule has 0 aliphatic rings. The van der Waals surface area contributed by atoms with Gasteiger partial charge in [-0.3, -0.25) is 9.36 Å². The van der Waals surface area contributed by atoms with Crippen LogP contribution in [0.5, 0.6) is 0 Å². The van der Waals surface area contributed by atoms with Gasteiger partial charge in [0.25, 0.3) is 5.56 Å². The molecule has 2 heterocycles. The molecule has 0 fully saturated rings. The van der Waals surface area contributed by atoms with Gasteiger partial charge < -0.3 is 4.74 Å². The molecule has 3 rings (SSSR count). The van der Waals surface area contributed by atoms with E-state index in [2.05, 4.69) is 9.97 Å². The predicted molar refractivity (Wildman–Crippen MR) is 102 cm³/mol. The van der Waals surface area contributed by atoms with Gasteiger partial charge >= 0.3 is 0 Å². The van der Waals surface area contributed by atoms with Crippen LogP contribution in [-0.2, 0) is 17.0 Å². The first-order valence-electron chi connectivity index (χ1n) is 7.51. The van der Waals surface area contributed by atoms with Gasteiger partial charge in [0, 0.05) is 24.1 Å². The normalized spacial score (nSPS) is 11.2. The first kappa shape index (κ1) is 18.2. The number of hydrogen-bond donors (Lipinski definition) is 0. The molecule has 0 saturated heterocycles. The minimum absolute atomic E-state index is 0.101. The van der Waals surface area contributed by atoms with Crippen LogP contribution in [0.3, 0.4) is 0 Å². The maximum atomic E-state index is 12.8. The standard InChI is InChI=1S/C17H15Cl2N3O2S/c1-24-7-6-22-16(23)13-4-3-12(18)8-14(13)21-17(22)25-10-11-2-5-15(19)20-9-11/h2-5,8-9H,6-7,10H2,1H3. The fourth-order valence-corrected chi connectivity index (χ4v) is 3.54. The molecule has 5 nitrogen and oxygen atoms in total. The Bertz CT molecular complexity index is 945. The van der Waals surface area contributed by atoms with Crippen molar-refractivity contribution in [3.8, 4) is 0 Å². The summed E-state index contributed by atoms with van der Waals surface area (Å²) in [4.78, 5) is 21.5. The van der Waals surface area contributed by atoms with E-state index >= 15 is 0 Å². The number of thioether (sulfide) groups is 1. The second-order valence-electron chi connectivity index (χ2n) is 5.28. The van der Waals surface area contributed by atoms with Gasteiger partial charge in [0.05, 0.1) is 24.1 Å². The summed E-state index contributed by atoms with van der Waals surface area (Å²) in [6.45, 7) is 0.860. The van der Waals surface area contributed by atoms with Gasteiger partial charge in [-0.15, -0.1) is 0 Å². The molecular formula is C17H15Cl2N3O2S. The van der Waals surface area contributed by atoms with Gasteiger partial charge in [0.2, 0.25) is 0 Å². The van der Waals surface area contributed by atoms with Crippen molar-refractivity contribution in [3.05, 3.63) is 62.6 Å². The highest BCUT2D eigenvalue weighted by atomic mass is 35.5. The highest BCUT2D eigenvalue weighted by molar-refractivity contribution is 7.98. The first-order chi connectivity index (χ1) is 12.1. The Labute approximate surface area is 159 Å². The molecule has 0 atom stereocenters. The summed E-state index contributed by atoms with van der Waals surface area (Å²) >= 11 is 13.3. The van der Waals surface area contributed by atoms with Gasteiger partial charge in [-0.1, -0.05) is 41.0 Å². The molecule has 0 radical (unpaired) electrons. The van der Waals surface area contributed by atoms with Crippen LogP contribution in [0.4, 0.5) is 0 Å². The Morgan fingerprint density at radius 2 is 2.08 bits per heavy atom. The van der Waals surface area contributed by atoms with E-state index in [9.17, 15) is 4.79 Å². The Morgan fingerprint density at radius 3 is 2.80 bits per heavy atom. The van der Waals surface area contributed by atoms with Crippen molar-refractivity contribution >= 4 is 45.9 Å². The van der Waals surface area contributed by atoms with Crippen LogP contribution in [0.25, 0.3) is 10.9 Å². The third-order valence-electron chi connectivity index (χ3n) is 3.56. The molecule has 0 amide bonds. The van der Waals surface area contributed by atoms with E-state index in [1.54, 1.807) is 42.1 Å². The van der Waals surface area contributed by atoms with E-state index in [1.807, 2.05) is 6.07 Å². The number of benzene rings is 1. The Kier molecular flexibility index (Phi) is 5.96. The summed E-state index contributed by atoms with van der Waals surface area (Å²) in [5, 5.41) is 2.15. The maximum Gasteiger partial charge on any atom is 0.262 e. The molecule has 0 saturated carbocycles. The largest absolute Gasteiger partial charge is 0.383 e. The van der Waals surface area contributed by atoms with Crippen LogP contribution in [0.2, 0.25) is 10.2 Å². The molecule has 130 valence electrons. The molecule has 0 aliphatic heterocycles. The fourth-order valence-electron chi connectivity index (χ4n) is 2.30. The molecule has 0 unspecified atom stereocenters. The van der Waals surface area contributed by atoms with Crippen molar-refractivity contribution in [3.63, 3.8) is 0 Å². The molecular weight excluding hydrogens is 381 g/mol. The maximum absolute atomic E-state index is 12.8. The van der Waals surface area contributed by atoms with Gasteiger partial charge in [-0.2, -0.15) is 0 Å². The fraction of sp³-hybridized carbons (Fsp3) is 0.235. The second-order valence-corrected chi connectivity index (χ2v) is 7.05. The molecule has 0 spiro atoms. The zero-order valence-corrected chi connectivity index (χ0v) is 15.7. The summed E-state index contributed by atoms with van der Waals surface area (Å²) < 4.78 is 6.75. The van der Waals surface area contributed by atoms with Gasteiger partial charge in [0.15, 0.2) is 5.16 Å². The van der Waals surface area contributed by atoms with Crippen LogP contribution < -0.4 is 5.56 Å². The van der Waals surface area contributed by atoms with Gasteiger partial charge in [-0.05, 0) is 29.8 Å². The number of ether oxygens (including phenoxy) is 1. The molecule has 25 heavy (non-hydrogen) atoms. The summed E-state index contributed by atoms with van der Waals surface area (Å²) in [6.07, 6.45) is 1.71. The molecule has 0 aliphatic carbocycles. The van der Waals surface area contributed by atoms with E-state index in [0.717, 1.165) is 5.56 Å². The van der Waals surface area contributed by atoms with Gasteiger partial charge in [-0.25, -0.2) is 9.97 Å². The highest BCUT2D eigenvalue weighted by Gasteiger charge is 2.12. The van der Waals surface area contributed by atoms with E-state index in [1.165, 1.54) is 11.8 Å². The number of halogens is 2. The lowest BCUT2D eigenvalue weighted by molar-refractivity contribution is 0.183. The predicted octanol–water partition coefficient (Wildman–Crippen LogP) is 4.04. The molecule has 0 N–H and O–H groups in total. The Balaban J connectivity index is 1.98. The van der Waals surface area contributed by atoms with Crippen LogP contribution >= 0.6 is 35.0 Å². The number of methoxy groups -OCH3 is 1. The second kappa shape index (κ2) is 8.19. The molecule has 0 bridgehead atoms. The number of aromatic nitrogens is 3. The van der Waals surface area contributed by atoms with Crippen molar-refractivity contribution in [2.75, 3.05) is 13.7 Å². The van der Waals surface area contributed by atoms with Crippen molar-refractivity contribution in [1.29, 1.82) is 0 Å². The number of fused-ring (bicyclic) bond motifs is 1. The minimum Gasteiger partial charge on any atom is -0.383 e. The summed E-state index contributed by atoms with van der Waals surface area (Å²) in [5.74, 6) is 0.621. The number of pyridine rings is 1. The topological polar surface area (TPSA) is 57.0 Å². The summed E-state index contributed by atoms with van der Waals surface area (Å²) in [5.41, 5.74) is 1.48. The zero-order valence-electron chi connectivity index (χ0n) is 13.4. The number of rotatable bonds is 6. The zero-order chi connectivity index (χ0) is 17.8. The smallest absolute Gasteiger partial charge is 0.262 e. The summed E-state index contributed by atoms with van der Waals surface area (Å²) in [7, 11) is 1.60. The lowest BCUT2D eigenvalue weighted by atomic mass is 10.2. The van der Waals surface area contributed by atoms with Crippen molar-refractivity contribution in [2.45, 2.75) is 17.5 Å². The molecule has 1 aromatic carbocycles. The first-order valence-corrected chi connectivity index (χ1v) is 9.25. The monoisotopic (exact) mass is 395 g/mol. The quantitative estimate of drug-likeness (QED) is 0.358. The van der Waals surface area contributed by atoms with E-state index in [4.69, 9.17) is 27.9 Å². The van der Waals surface area contributed by atoms with Crippen LogP contribution in [0.1, 0.15) is 5.56 Å². The molecule has 2 aromatic heterocycles. The van der Waals surface area contributed by atoms with Crippen molar-refractivity contribution in [2.24, 2.45) is 0 Å². The van der Waals surface area contributed by atoms with Crippen LogP contribution in [0, 0.1) is 0 Å². The number of hydrogen-bond acceptors (Lipinski definition) is 5. The number of nitrogens with zero attached hydrogens (tertiary/aromatic N) is 3. The Hall–Kier alpha value is -1.60.